The molecule has 0 radical (unpaired) electrons. The fourth-order valence-electron chi connectivity index (χ4n) is 2.84. The summed E-state index contributed by atoms with van der Waals surface area (Å²) in [5.74, 6) is 0. The number of nitrogens with one attached hydrogen (secondary N) is 1. The van der Waals surface area contributed by atoms with Crippen LogP contribution in [0.5, 0.6) is 0 Å². The van der Waals surface area contributed by atoms with Crippen molar-refractivity contribution in [1.82, 2.24) is 9.55 Å². The number of alkyl halides is 1. The molecule has 3 rings (SSSR count). The third-order valence-electron chi connectivity index (χ3n) is 3.90. The molecule has 7 nitrogen and oxygen atoms in total. The molecule has 3 unspecified atom stereocenters. The van der Waals surface area contributed by atoms with Gasteiger partial charge in [0.25, 0.3) is 5.56 Å². The number of aromatic nitrogens is 2. The molecule has 2 aliphatic rings. The average molecular weight is 272 g/mol. The van der Waals surface area contributed by atoms with E-state index >= 15 is 0 Å². The van der Waals surface area contributed by atoms with Gasteiger partial charge in [-0.2, -0.15) is 0 Å². The molecule has 1 aliphatic carbocycles. The number of H-pyrrole nitrogens is 1. The Kier molecular flexibility index (Phi) is 2.63. The molecule has 19 heavy (non-hydrogen) atoms. The minimum Gasteiger partial charge on any atom is -0.394 e. The second-order valence-corrected chi connectivity index (χ2v) is 4.94. The summed E-state index contributed by atoms with van der Waals surface area (Å²) in [5, 5.41) is 18.7. The summed E-state index contributed by atoms with van der Waals surface area (Å²) < 4.78 is 20.8. The molecule has 0 spiro atoms. The van der Waals surface area contributed by atoms with Crippen LogP contribution in [-0.4, -0.2) is 50.4 Å². The molecule has 0 bridgehead atoms. The van der Waals surface area contributed by atoms with Gasteiger partial charge in [0.1, 0.15) is 18.3 Å². The quantitative estimate of drug-likeness (QED) is 0.596. The van der Waals surface area contributed by atoms with E-state index in [0.717, 1.165) is 6.07 Å². The van der Waals surface area contributed by atoms with E-state index in [1.165, 1.54) is 10.8 Å². The van der Waals surface area contributed by atoms with Crippen LogP contribution in [0.3, 0.4) is 0 Å². The molecule has 1 saturated heterocycles. The Morgan fingerprint density at radius 2 is 2.32 bits per heavy atom. The molecule has 0 aromatic carbocycles. The van der Waals surface area contributed by atoms with Crippen molar-refractivity contribution in [1.29, 1.82) is 0 Å². The molecule has 5 atom stereocenters. The van der Waals surface area contributed by atoms with E-state index in [1.54, 1.807) is 0 Å². The van der Waals surface area contributed by atoms with Crippen molar-refractivity contribution < 1.29 is 19.3 Å². The second kappa shape index (κ2) is 3.99. The summed E-state index contributed by atoms with van der Waals surface area (Å²) >= 11 is 0. The van der Waals surface area contributed by atoms with Crippen LogP contribution in [-0.2, 0) is 4.74 Å². The van der Waals surface area contributed by atoms with Crippen LogP contribution in [0.1, 0.15) is 12.5 Å². The summed E-state index contributed by atoms with van der Waals surface area (Å²) in [7, 11) is 0. The van der Waals surface area contributed by atoms with Gasteiger partial charge in [0, 0.05) is 18.7 Å². The number of hydrogen-bond donors (Lipinski definition) is 3. The molecule has 2 heterocycles. The predicted molar refractivity (Wildman–Crippen MR) is 60.6 cm³/mol. The number of nitrogens with zero attached hydrogens (tertiary/aromatic N) is 1. The fraction of sp³-hybridized carbons (Fsp3) is 0.636. The van der Waals surface area contributed by atoms with Crippen LogP contribution in [0.25, 0.3) is 0 Å². The molecular weight excluding hydrogens is 259 g/mol. The van der Waals surface area contributed by atoms with Gasteiger partial charge in [-0.15, -0.1) is 0 Å². The lowest BCUT2D eigenvalue weighted by molar-refractivity contribution is -0.124. The zero-order chi connectivity index (χ0) is 13.8. The monoisotopic (exact) mass is 272 g/mol. The number of halogens is 1. The summed E-state index contributed by atoms with van der Waals surface area (Å²) in [5.41, 5.74) is -3.13. The number of hydrogen-bond acceptors (Lipinski definition) is 5. The van der Waals surface area contributed by atoms with E-state index in [1.807, 2.05) is 0 Å². The standard InChI is InChI=1S/C11H13FN2O5/c12-11-3-5(9(11)19-6(4-15)8(11)17)14-2-1-7(16)13-10(14)18/h1-2,5-6,8-9,15,17H,3-4H2,(H,13,16,18)/t5?,6-,8?,9+,11?/m1/s1. The van der Waals surface area contributed by atoms with Crippen molar-refractivity contribution in [3.8, 4) is 0 Å². The third-order valence-corrected chi connectivity index (χ3v) is 3.90. The number of aromatic amines is 1. The maximum Gasteiger partial charge on any atom is 0.328 e. The molecule has 1 aromatic heterocycles. The predicted octanol–water partition coefficient (Wildman–Crippen LogP) is -1.69. The van der Waals surface area contributed by atoms with Gasteiger partial charge < -0.3 is 14.9 Å². The van der Waals surface area contributed by atoms with Crippen molar-refractivity contribution in [2.75, 3.05) is 6.61 Å². The second-order valence-electron chi connectivity index (χ2n) is 4.94. The lowest BCUT2D eigenvalue weighted by Crippen LogP contribution is -2.60. The minimum absolute atomic E-state index is 0.0959. The summed E-state index contributed by atoms with van der Waals surface area (Å²) in [6.45, 7) is -0.490. The molecule has 104 valence electrons. The highest BCUT2D eigenvalue weighted by Gasteiger charge is 2.68. The van der Waals surface area contributed by atoms with Crippen molar-refractivity contribution in [2.24, 2.45) is 0 Å². The van der Waals surface area contributed by atoms with Gasteiger partial charge in [0.2, 0.25) is 0 Å². The van der Waals surface area contributed by atoms with Crippen molar-refractivity contribution >= 4 is 0 Å². The first-order chi connectivity index (χ1) is 8.97. The fourth-order valence-corrected chi connectivity index (χ4v) is 2.84. The Labute approximate surface area is 106 Å². The maximum absolute atomic E-state index is 14.4. The van der Waals surface area contributed by atoms with E-state index in [2.05, 4.69) is 4.98 Å². The lowest BCUT2D eigenvalue weighted by Gasteiger charge is -2.45. The van der Waals surface area contributed by atoms with E-state index < -0.39 is 47.9 Å². The summed E-state index contributed by atoms with van der Waals surface area (Å²) in [4.78, 5) is 24.7. The van der Waals surface area contributed by atoms with E-state index in [4.69, 9.17) is 9.84 Å². The van der Waals surface area contributed by atoms with Crippen LogP contribution in [0, 0.1) is 0 Å². The number of fused-ring (bicyclic) bond motifs is 1. The average Bonchev–Trinajstić information content (AvgIpc) is 2.54. The zero-order valence-corrected chi connectivity index (χ0v) is 9.82. The zero-order valence-electron chi connectivity index (χ0n) is 9.82. The SMILES string of the molecule is O=c1ccn(C2CC3(F)C(O)[C@@H](CO)O[C@@H]23)c(=O)[nH]1. The first-order valence-electron chi connectivity index (χ1n) is 5.92. The molecule has 1 aromatic rings. The molecule has 1 saturated carbocycles. The molecular formula is C11H13FN2O5. The Hall–Kier alpha value is -1.51. The van der Waals surface area contributed by atoms with E-state index in [0.29, 0.717) is 0 Å². The highest BCUT2D eigenvalue weighted by molar-refractivity contribution is 5.17. The normalized spacial score (nSPS) is 40.8. The number of ether oxygens (including phenoxy) is 1. The van der Waals surface area contributed by atoms with Crippen LogP contribution < -0.4 is 11.2 Å². The topological polar surface area (TPSA) is 105 Å². The largest absolute Gasteiger partial charge is 0.394 e. The third kappa shape index (κ3) is 1.60. The first kappa shape index (κ1) is 12.5. The van der Waals surface area contributed by atoms with Crippen LogP contribution >= 0.6 is 0 Å². The van der Waals surface area contributed by atoms with E-state index in [-0.39, 0.29) is 6.42 Å². The van der Waals surface area contributed by atoms with Gasteiger partial charge in [0.05, 0.1) is 12.6 Å². The molecule has 3 N–H and O–H groups in total. The smallest absolute Gasteiger partial charge is 0.328 e. The Morgan fingerprint density at radius 1 is 1.58 bits per heavy atom. The molecule has 0 amide bonds. The van der Waals surface area contributed by atoms with Gasteiger partial charge in [-0.05, 0) is 0 Å². The highest BCUT2D eigenvalue weighted by atomic mass is 19.1. The van der Waals surface area contributed by atoms with Crippen LogP contribution in [0.4, 0.5) is 4.39 Å². The number of rotatable bonds is 2. The molecule has 2 fully saturated rings. The minimum atomic E-state index is -1.95. The summed E-state index contributed by atoms with van der Waals surface area (Å²) in [6, 6.07) is 0.565. The summed E-state index contributed by atoms with van der Waals surface area (Å²) in [6.07, 6.45) is -2.21. The molecule has 8 heteroatoms. The van der Waals surface area contributed by atoms with Crippen LogP contribution in [0.2, 0.25) is 0 Å². The van der Waals surface area contributed by atoms with Crippen molar-refractivity contribution in [3.63, 3.8) is 0 Å². The van der Waals surface area contributed by atoms with Crippen molar-refractivity contribution in [2.45, 2.75) is 36.4 Å². The Bertz CT molecular complexity index is 614. The van der Waals surface area contributed by atoms with Gasteiger partial charge in [0.15, 0.2) is 5.67 Å². The van der Waals surface area contributed by atoms with Gasteiger partial charge in [-0.3, -0.25) is 14.3 Å². The van der Waals surface area contributed by atoms with Gasteiger partial charge in [-0.25, -0.2) is 9.18 Å². The Balaban J connectivity index is 1.91. The molecule has 1 aliphatic heterocycles. The van der Waals surface area contributed by atoms with Gasteiger partial charge >= 0.3 is 5.69 Å². The Morgan fingerprint density at radius 3 is 2.95 bits per heavy atom. The number of aliphatic hydroxyl groups is 2. The maximum atomic E-state index is 14.4. The first-order valence-corrected chi connectivity index (χ1v) is 5.92. The van der Waals surface area contributed by atoms with E-state index in [9.17, 15) is 19.1 Å². The lowest BCUT2D eigenvalue weighted by atomic mass is 9.71. The number of aliphatic hydroxyl groups excluding tert-OH is 2. The van der Waals surface area contributed by atoms with Crippen molar-refractivity contribution in [3.05, 3.63) is 33.1 Å². The van der Waals surface area contributed by atoms with Crippen LogP contribution in [0.15, 0.2) is 21.9 Å². The highest BCUT2D eigenvalue weighted by Crippen LogP contribution is 2.53. The van der Waals surface area contributed by atoms with Gasteiger partial charge in [-0.1, -0.05) is 0 Å².